The maximum Gasteiger partial charge on any atom is 0.485 e. The molecule has 0 aromatic rings. The smallest absolute Gasteiger partial charge is 0.423 e. The van der Waals surface area contributed by atoms with E-state index in [0.29, 0.717) is 0 Å². The third-order valence-electron chi connectivity index (χ3n) is 0.970. The Morgan fingerprint density at radius 2 is 2.18 bits per heavy atom. The molecule has 0 aromatic heterocycles. The first kappa shape index (κ1) is 9.86. The lowest BCUT2D eigenvalue weighted by atomic mass is 9.82. The third kappa shape index (κ3) is 4.29. The second-order valence-electron chi connectivity index (χ2n) is 1.89. The Bertz CT molecular complexity index is 200. The molecule has 0 heterocycles. The minimum Gasteiger partial charge on any atom is -0.423 e. The lowest BCUT2D eigenvalue weighted by Crippen LogP contribution is -2.13. The number of guanidine groups is 1. The van der Waals surface area contributed by atoms with Crippen LogP contribution in [-0.4, -0.2) is 29.8 Å². The van der Waals surface area contributed by atoms with Crippen LogP contribution in [0.25, 0.3) is 0 Å². The van der Waals surface area contributed by atoms with Gasteiger partial charge in [0, 0.05) is 6.20 Å². The van der Waals surface area contributed by atoms with Crippen molar-refractivity contribution in [2.24, 2.45) is 15.7 Å². The maximum absolute atomic E-state index is 8.54. The minimum atomic E-state index is -1.50. The van der Waals surface area contributed by atoms with Crippen molar-refractivity contribution in [1.82, 2.24) is 0 Å². The van der Waals surface area contributed by atoms with Crippen molar-refractivity contribution in [2.45, 2.75) is 6.92 Å². The molecule has 0 saturated carbocycles. The average molecular weight is 155 g/mol. The largest absolute Gasteiger partial charge is 0.485 e. The average Bonchev–Trinajstić information content (AvgIpc) is 1.99. The molecule has 0 atom stereocenters. The molecule has 11 heavy (non-hydrogen) atoms. The molecule has 6 heteroatoms. The van der Waals surface area contributed by atoms with Crippen LogP contribution in [-0.2, 0) is 0 Å². The van der Waals surface area contributed by atoms with Gasteiger partial charge in [0.2, 0.25) is 5.96 Å². The lowest BCUT2D eigenvalue weighted by molar-refractivity contribution is 0.419. The SMILES string of the molecule is C=NC(N)=N/C=C(\C)B(O)O. The van der Waals surface area contributed by atoms with Gasteiger partial charge < -0.3 is 15.8 Å². The Morgan fingerprint density at radius 1 is 1.64 bits per heavy atom. The first-order valence-electron chi connectivity index (χ1n) is 2.90. The summed E-state index contributed by atoms with van der Waals surface area (Å²) in [5.41, 5.74) is 5.42. The van der Waals surface area contributed by atoms with Gasteiger partial charge in [0.25, 0.3) is 0 Å². The summed E-state index contributed by atoms with van der Waals surface area (Å²) in [6, 6.07) is 0. The van der Waals surface area contributed by atoms with E-state index in [1.54, 1.807) is 0 Å². The molecule has 0 unspecified atom stereocenters. The molecule has 0 radical (unpaired) electrons. The van der Waals surface area contributed by atoms with E-state index in [1.165, 1.54) is 13.1 Å². The van der Waals surface area contributed by atoms with Crippen molar-refractivity contribution >= 4 is 19.8 Å². The summed E-state index contributed by atoms with van der Waals surface area (Å²) in [6.07, 6.45) is 1.22. The Hall–Kier alpha value is -1.14. The second kappa shape index (κ2) is 4.65. The zero-order chi connectivity index (χ0) is 8.85. The molecule has 5 nitrogen and oxygen atoms in total. The molecule has 0 amide bonds. The van der Waals surface area contributed by atoms with Gasteiger partial charge >= 0.3 is 7.12 Å². The van der Waals surface area contributed by atoms with E-state index in [-0.39, 0.29) is 11.4 Å². The lowest BCUT2D eigenvalue weighted by Gasteiger charge is -1.93. The van der Waals surface area contributed by atoms with Crippen molar-refractivity contribution in [3.05, 3.63) is 11.7 Å². The fraction of sp³-hybridized carbons (Fsp3) is 0.200. The van der Waals surface area contributed by atoms with Crippen LogP contribution in [0.5, 0.6) is 0 Å². The molecule has 60 valence electrons. The normalized spacial score (nSPS) is 13.0. The van der Waals surface area contributed by atoms with Crippen LogP contribution in [0.3, 0.4) is 0 Å². The van der Waals surface area contributed by atoms with Crippen molar-refractivity contribution in [3.8, 4) is 0 Å². The van der Waals surface area contributed by atoms with Gasteiger partial charge in [0.05, 0.1) is 0 Å². The van der Waals surface area contributed by atoms with Crippen LogP contribution in [0.1, 0.15) is 6.92 Å². The summed E-state index contributed by atoms with van der Waals surface area (Å²) in [6.45, 7) is 4.63. The van der Waals surface area contributed by atoms with Crippen molar-refractivity contribution < 1.29 is 10.0 Å². The number of allylic oxidation sites excluding steroid dienone is 1. The fourth-order valence-electron chi connectivity index (χ4n) is 0.275. The molecular weight excluding hydrogens is 145 g/mol. The number of hydrogen-bond acceptors (Lipinski definition) is 3. The van der Waals surface area contributed by atoms with E-state index in [0.717, 1.165) is 0 Å². The van der Waals surface area contributed by atoms with Crippen LogP contribution in [0, 0.1) is 0 Å². The van der Waals surface area contributed by atoms with Gasteiger partial charge in [0.15, 0.2) is 0 Å². The van der Waals surface area contributed by atoms with Crippen LogP contribution < -0.4 is 5.73 Å². The first-order chi connectivity index (χ1) is 5.07. The molecule has 0 aliphatic heterocycles. The topological polar surface area (TPSA) is 91.2 Å². The molecule has 0 aliphatic rings. The second-order valence-corrected chi connectivity index (χ2v) is 1.89. The summed E-state index contributed by atoms with van der Waals surface area (Å²) in [5, 5.41) is 17.1. The predicted octanol–water partition coefficient (Wildman–Crippen LogP) is -1.08. The Labute approximate surface area is 65.1 Å². The summed E-state index contributed by atoms with van der Waals surface area (Å²) < 4.78 is 0. The van der Waals surface area contributed by atoms with E-state index < -0.39 is 7.12 Å². The van der Waals surface area contributed by atoms with Gasteiger partial charge in [-0.05, 0) is 19.1 Å². The Morgan fingerprint density at radius 3 is 2.55 bits per heavy atom. The highest BCUT2D eigenvalue weighted by Crippen LogP contribution is 1.93. The molecule has 0 spiro atoms. The van der Waals surface area contributed by atoms with Gasteiger partial charge in [-0.15, -0.1) is 0 Å². The summed E-state index contributed by atoms with van der Waals surface area (Å²) in [7, 11) is -1.50. The zero-order valence-electron chi connectivity index (χ0n) is 6.23. The molecule has 0 aliphatic carbocycles. The standard InChI is InChI=1S/C5H10BN3O2/c1-4(6(10)11)3-9-5(7)8-2/h3,10-11H,2H2,1H3,(H2,7,9)/b4-3+. The molecule has 0 aromatic carbocycles. The van der Waals surface area contributed by atoms with Gasteiger partial charge in [-0.1, -0.05) is 0 Å². The van der Waals surface area contributed by atoms with Gasteiger partial charge in [0.1, 0.15) is 0 Å². The summed E-state index contributed by atoms with van der Waals surface area (Å²) in [5.74, 6) is -0.00926. The molecule has 4 N–H and O–H groups in total. The molecule has 0 fully saturated rings. The maximum atomic E-state index is 8.54. The monoisotopic (exact) mass is 155 g/mol. The number of aliphatic imine (C=N–C) groups is 2. The summed E-state index contributed by atoms with van der Waals surface area (Å²) >= 11 is 0. The van der Waals surface area contributed by atoms with Crippen molar-refractivity contribution in [1.29, 1.82) is 0 Å². The molecular formula is C5H10BN3O2. The van der Waals surface area contributed by atoms with E-state index in [2.05, 4.69) is 16.7 Å². The highest BCUT2D eigenvalue weighted by molar-refractivity contribution is 6.50. The summed E-state index contributed by atoms with van der Waals surface area (Å²) in [4.78, 5) is 6.84. The van der Waals surface area contributed by atoms with Crippen molar-refractivity contribution in [3.63, 3.8) is 0 Å². The number of nitrogens with two attached hydrogens (primary N) is 1. The third-order valence-corrected chi connectivity index (χ3v) is 0.970. The van der Waals surface area contributed by atoms with Crippen LogP contribution >= 0.6 is 0 Å². The zero-order valence-corrected chi connectivity index (χ0v) is 6.23. The minimum absolute atomic E-state index is 0.00926. The fourth-order valence-corrected chi connectivity index (χ4v) is 0.275. The number of nitrogens with zero attached hydrogens (tertiary/aromatic N) is 2. The van der Waals surface area contributed by atoms with E-state index >= 15 is 0 Å². The number of rotatable bonds is 2. The van der Waals surface area contributed by atoms with Crippen LogP contribution in [0.15, 0.2) is 21.7 Å². The van der Waals surface area contributed by atoms with Crippen molar-refractivity contribution in [2.75, 3.05) is 0 Å². The Kier molecular flexibility index (Phi) is 4.17. The predicted molar refractivity (Wildman–Crippen MR) is 45.1 cm³/mol. The highest BCUT2D eigenvalue weighted by Gasteiger charge is 2.07. The van der Waals surface area contributed by atoms with Gasteiger partial charge in [-0.25, -0.2) is 9.98 Å². The van der Waals surface area contributed by atoms with Gasteiger partial charge in [-0.3, -0.25) is 0 Å². The number of hydrogen-bond donors (Lipinski definition) is 3. The van der Waals surface area contributed by atoms with E-state index in [4.69, 9.17) is 15.8 Å². The molecule has 0 saturated heterocycles. The van der Waals surface area contributed by atoms with Crippen LogP contribution in [0.2, 0.25) is 0 Å². The highest BCUT2D eigenvalue weighted by atomic mass is 16.4. The Balaban J connectivity index is 4.22. The van der Waals surface area contributed by atoms with E-state index in [1.807, 2.05) is 0 Å². The first-order valence-corrected chi connectivity index (χ1v) is 2.90. The molecule has 0 rings (SSSR count). The van der Waals surface area contributed by atoms with E-state index in [9.17, 15) is 0 Å². The molecule has 0 bridgehead atoms. The quantitative estimate of drug-likeness (QED) is 0.269. The van der Waals surface area contributed by atoms with Crippen LogP contribution in [0.4, 0.5) is 0 Å². The van der Waals surface area contributed by atoms with Gasteiger partial charge in [-0.2, -0.15) is 0 Å².